The van der Waals surface area contributed by atoms with Crippen LogP contribution in [0.1, 0.15) is 16.7 Å². The summed E-state index contributed by atoms with van der Waals surface area (Å²) in [6.45, 7) is -0.196. The number of carbonyl (C=O) groups is 2. The summed E-state index contributed by atoms with van der Waals surface area (Å²) in [5.41, 5.74) is 1.08. The number of hydrogen-bond donors (Lipinski definition) is 0. The molecule has 0 bridgehead atoms. The van der Waals surface area contributed by atoms with Crippen molar-refractivity contribution in [3.05, 3.63) is 104 Å². The van der Waals surface area contributed by atoms with Gasteiger partial charge in [-0.25, -0.2) is 4.39 Å². The van der Waals surface area contributed by atoms with Gasteiger partial charge in [0.25, 0.3) is 16.8 Å². The summed E-state index contributed by atoms with van der Waals surface area (Å²) in [6, 6.07) is 17.2. The number of benzene rings is 3. The number of carbonyl (C=O) groups excluding carboxylic acids is 2. The van der Waals surface area contributed by atoms with Gasteiger partial charge in [0, 0.05) is 17.2 Å². The van der Waals surface area contributed by atoms with Crippen molar-refractivity contribution in [3.8, 4) is 11.5 Å². The molecule has 178 valence electrons. The molecule has 0 aromatic heterocycles. The lowest BCUT2D eigenvalue weighted by atomic mass is 10.1. The molecule has 35 heavy (non-hydrogen) atoms. The van der Waals surface area contributed by atoms with Crippen molar-refractivity contribution in [2.75, 3.05) is 7.11 Å². The predicted molar refractivity (Wildman–Crippen MR) is 128 cm³/mol. The van der Waals surface area contributed by atoms with Crippen LogP contribution in [-0.2, 0) is 17.9 Å². The monoisotopic (exact) mass is 494 g/mol. The van der Waals surface area contributed by atoms with Gasteiger partial charge in [0.15, 0.2) is 11.5 Å². The lowest BCUT2D eigenvalue weighted by Crippen LogP contribution is -2.27. The SMILES string of the molecule is COc1cc(C=C2SC(=O)N(Cc3ccccc3[N+](=O)[O-])C2=O)ccc1OCc1ccccc1F. The number of hydrogen-bond acceptors (Lipinski definition) is 7. The maximum atomic E-state index is 13.8. The highest BCUT2D eigenvalue weighted by molar-refractivity contribution is 8.18. The van der Waals surface area contributed by atoms with Crippen molar-refractivity contribution in [2.45, 2.75) is 13.2 Å². The maximum Gasteiger partial charge on any atom is 0.293 e. The number of amides is 2. The third-order valence-electron chi connectivity index (χ3n) is 5.22. The second-order valence-corrected chi connectivity index (χ2v) is 8.44. The number of imide groups is 1. The van der Waals surface area contributed by atoms with Gasteiger partial charge < -0.3 is 9.47 Å². The summed E-state index contributed by atoms with van der Waals surface area (Å²) < 4.78 is 24.9. The average Bonchev–Trinajstić information content (AvgIpc) is 3.11. The molecule has 3 aromatic carbocycles. The number of methoxy groups -OCH3 is 1. The zero-order valence-corrected chi connectivity index (χ0v) is 19.3. The molecule has 0 atom stereocenters. The Bertz CT molecular complexity index is 1340. The fraction of sp³-hybridized carbons (Fsp3) is 0.120. The molecule has 3 aromatic rings. The van der Waals surface area contributed by atoms with Crippen LogP contribution in [0.2, 0.25) is 0 Å². The van der Waals surface area contributed by atoms with Crippen LogP contribution >= 0.6 is 11.8 Å². The molecule has 0 aliphatic carbocycles. The number of rotatable bonds is 8. The van der Waals surface area contributed by atoms with E-state index in [1.54, 1.807) is 42.5 Å². The van der Waals surface area contributed by atoms with Crippen LogP contribution in [0.4, 0.5) is 14.9 Å². The minimum absolute atomic E-state index is 0.00684. The fourth-order valence-corrected chi connectivity index (χ4v) is 4.28. The van der Waals surface area contributed by atoms with Crippen molar-refractivity contribution >= 4 is 34.7 Å². The second-order valence-electron chi connectivity index (χ2n) is 7.44. The highest BCUT2D eigenvalue weighted by Gasteiger charge is 2.36. The lowest BCUT2D eigenvalue weighted by Gasteiger charge is -2.13. The third-order valence-corrected chi connectivity index (χ3v) is 6.12. The van der Waals surface area contributed by atoms with Crippen molar-refractivity contribution in [3.63, 3.8) is 0 Å². The topological polar surface area (TPSA) is 99.0 Å². The molecule has 1 aliphatic heterocycles. The van der Waals surface area contributed by atoms with Gasteiger partial charge in [-0.2, -0.15) is 0 Å². The van der Waals surface area contributed by atoms with Crippen LogP contribution < -0.4 is 9.47 Å². The average molecular weight is 495 g/mol. The summed E-state index contributed by atoms with van der Waals surface area (Å²) in [7, 11) is 1.45. The molecule has 0 unspecified atom stereocenters. The van der Waals surface area contributed by atoms with Crippen molar-refractivity contribution < 1.29 is 28.4 Å². The van der Waals surface area contributed by atoms with Crippen LogP contribution in [0.25, 0.3) is 6.08 Å². The smallest absolute Gasteiger partial charge is 0.293 e. The van der Waals surface area contributed by atoms with Gasteiger partial charge in [-0.1, -0.05) is 42.5 Å². The summed E-state index contributed by atoms with van der Waals surface area (Å²) >= 11 is 0.752. The van der Waals surface area contributed by atoms with Crippen molar-refractivity contribution in [1.82, 2.24) is 4.90 Å². The first-order valence-corrected chi connectivity index (χ1v) is 11.2. The Morgan fingerprint density at radius 3 is 2.46 bits per heavy atom. The Kier molecular flexibility index (Phi) is 7.11. The first-order chi connectivity index (χ1) is 16.9. The first-order valence-electron chi connectivity index (χ1n) is 10.4. The molecule has 1 heterocycles. The zero-order chi connectivity index (χ0) is 24.9. The quantitative estimate of drug-likeness (QED) is 0.230. The Labute approximate surface area is 204 Å². The lowest BCUT2D eigenvalue weighted by molar-refractivity contribution is -0.385. The molecule has 4 rings (SSSR count). The van der Waals surface area contributed by atoms with Gasteiger partial charge in [-0.15, -0.1) is 0 Å². The molecule has 1 aliphatic rings. The predicted octanol–water partition coefficient (Wildman–Crippen LogP) is 5.56. The van der Waals surface area contributed by atoms with Gasteiger partial charge in [0.05, 0.1) is 23.5 Å². The molecular formula is C25H19FN2O6S. The number of ether oxygens (including phenoxy) is 2. The van der Waals surface area contributed by atoms with E-state index in [1.165, 1.54) is 37.5 Å². The third kappa shape index (κ3) is 5.33. The standard InChI is InChI=1S/C25H19FN2O6S/c1-33-22-12-16(10-11-21(22)34-15-18-7-2-4-8-19(18)26)13-23-24(29)27(25(30)35-23)14-17-6-3-5-9-20(17)28(31)32/h2-13H,14-15H2,1H3. The Balaban J connectivity index is 1.51. The van der Waals surface area contributed by atoms with E-state index >= 15 is 0 Å². The number of para-hydroxylation sites is 1. The van der Waals surface area contributed by atoms with E-state index in [9.17, 15) is 24.1 Å². The van der Waals surface area contributed by atoms with Crippen LogP contribution in [0.3, 0.4) is 0 Å². The number of nitrogens with zero attached hydrogens (tertiary/aromatic N) is 2. The molecule has 0 saturated carbocycles. The highest BCUT2D eigenvalue weighted by atomic mass is 32.2. The molecule has 0 N–H and O–H groups in total. The van der Waals surface area contributed by atoms with Gasteiger partial charge in [-0.3, -0.25) is 24.6 Å². The Morgan fingerprint density at radius 2 is 1.74 bits per heavy atom. The number of nitro groups is 1. The first kappa shape index (κ1) is 24.0. The van der Waals surface area contributed by atoms with Gasteiger partial charge in [0.2, 0.25) is 0 Å². The summed E-state index contributed by atoms with van der Waals surface area (Å²) in [5.74, 6) is -0.164. The largest absolute Gasteiger partial charge is 0.493 e. The normalized spacial score (nSPS) is 14.5. The molecule has 8 nitrogen and oxygen atoms in total. The zero-order valence-electron chi connectivity index (χ0n) is 18.5. The van der Waals surface area contributed by atoms with Gasteiger partial charge in [0.1, 0.15) is 12.4 Å². The molecule has 1 saturated heterocycles. The molecule has 1 fully saturated rings. The van der Waals surface area contributed by atoms with E-state index in [-0.39, 0.29) is 35.1 Å². The molecule has 2 amide bonds. The highest BCUT2D eigenvalue weighted by Crippen LogP contribution is 2.36. The Hall–Kier alpha value is -4.18. The van der Waals surface area contributed by atoms with Crippen LogP contribution in [0.15, 0.2) is 71.6 Å². The van der Waals surface area contributed by atoms with Crippen LogP contribution in [0.5, 0.6) is 11.5 Å². The summed E-state index contributed by atoms with van der Waals surface area (Å²) in [5, 5.41) is 10.7. The minimum Gasteiger partial charge on any atom is -0.493 e. The van der Waals surface area contributed by atoms with Gasteiger partial charge in [-0.05, 0) is 41.6 Å². The number of nitro benzene ring substituents is 1. The van der Waals surface area contributed by atoms with E-state index in [1.807, 2.05) is 0 Å². The minimum atomic E-state index is -0.549. The van der Waals surface area contributed by atoms with Crippen LogP contribution in [0, 0.1) is 15.9 Å². The second kappa shape index (κ2) is 10.4. The van der Waals surface area contributed by atoms with E-state index in [0.717, 1.165) is 16.7 Å². The van der Waals surface area contributed by atoms with E-state index in [2.05, 4.69) is 0 Å². The molecular weight excluding hydrogens is 475 g/mol. The van der Waals surface area contributed by atoms with Crippen molar-refractivity contribution in [2.24, 2.45) is 0 Å². The summed E-state index contributed by atoms with van der Waals surface area (Å²) in [4.78, 5) is 37.2. The van der Waals surface area contributed by atoms with E-state index in [0.29, 0.717) is 22.6 Å². The summed E-state index contributed by atoms with van der Waals surface area (Å²) in [6.07, 6.45) is 1.54. The van der Waals surface area contributed by atoms with Crippen molar-refractivity contribution in [1.29, 1.82) is 0 Å². The van der Waals surface area contributed by atoms with Crippen LogP contribution in [-0.4, -0.2) is 28.1 Å². The number of thioether (sulfide) groups is 1. The van der Waals surface area contributed by atoms with E-state index in [4.69, 9.17) is 9.47 Å². The Morgan fingerprint density at radius 1 is 1.03 bits per heavy atom. The molecule has 10 heteroatoms. The van der Waals surface area contributed by atoms with E-state index < -0.39 is 16.1 Å². The maximum absolute atomic E-state index is 13.8. The van der Waals surface area contributed by atoms with Gasteiger partial charge >= 0.3 is 0 Å². The molecule has 0 spiro atoms. The number of halogens is 1. The molecule has 0 radical (unpaired) electrons. The fourth-order valence-electron chi connectivity index (χ4n) is 3.44.